The fraction of sp³-hybridized carbons (Fsp3) is 0.375. The van der Waals surface area contributed by atoms with Gasteiger partial charge in [-0.15, -0.1) is 11.3 Å². The molecule has 0 spiro atoms. The predicted molar refractivity (Wildman–Crippen MR) is 88.4 cm³/mol. The summed E-state index contributed by atoms with van der Waals surface area (Å²) >= 11 is 1.44. The van der Waals surface area contributed by atoms with Crippen molar-refractivity contribution in [2.75, 3.05) is 5.32 Å². The molecule has 112 valence electrons. The van der Waals surface area contributed by atoms with E-state index in [1.807, 2.05) is 12.3 Å². The summed E-state index contributed by atoms with van der Waals surface area (Å²) in [7, 11) is 0. The van der Waals surface area contributed by atoms with Crippen molar-refractivity contribution in [2.24, 2.45) is 5.73 Å². The normalized spacial score (nSPS) is 12.1. The molecule has 0 radical (unpaired) electrons. The predicted octanol–water partition coefficient (Wildman–Crippen LogP) is 3.44. The summed E-state index contributed by atoms with van der Waals surface area (Å²) < 4.78 is 0. The van der Waals surface area contributed by atoms with E-state index in [0.29, 0.717) is 18.0 Å². The number of aromatic nitrogens is 1. The molecule has 1 heterocycles. The van der Waals surface area contributed by atoms with Crippen LogP contribution in [0.2, 0.25) is 0 Å². The number of nitrogens with one attached hydrogen (secondary N) is 1. The molecule has 2 rings (SSSR count). The molecule has 1 aromatic heterocycles. The molecular formula is C16H21N3OS. The van der Waals surface area contributed by atoms with Gasteiger partial charge < -0.3 is 11.1 Å². The molecule has 3 N–H and O–H groups in total. The topological polar surface area (TPSA) is 68.0 Å². The monoisotopic (exact) mass is 303 g/mol. The van der Waals surface area contributed by atoms with Crippen molar-refractivity contribution in [1.29, 1.82) is 0 Å². The number of thiazole rings is 1. The first-order valence-electron chi connectivity index (χ1n) is 7.18. The van der Waals surface area contributed by atoms with Crippen molar-refractivity contribution in [3.63, 3.8) is 0 Å². The summed E-state index contributed by atoms with van der Waals surface area (Å²) in [6, 6.07) is 8.38. The standard InChI is InChI=1S/C16H21N3OS/c1-3-12-5-7-13(8-6-12)14-10-21-16(18-14)19-15(20)9-4-11(2)17/h5-8,10-11H,3-4,9,17H2,1-2H3,(H,18,19,20). The maximum atomic E-state index is 11.7. The number of nitrogens with zero attached hydrogens (tertiary/aromatic N) is 1. The zero-order valence-corrected chi connectivity index (χ0v) is 13.2. The number of amides is 1. The summed E-state index contributed by atoms with van der Waals surface area (Å²) in [5, 5.41) is 5.42. The van der Waals surface area contributed by atoms with Crippen LogP contribution in [0.25, 0.3) is 11.3 Å². The van der Waals surface area contributed by atoms with E-state index in [1.165, 1.54) is 16.9 Å². The van der Waals surface area contributed by atoms with Crippen molar-refractivity contribution in [3.05, 3.63) is 35.2 Å². The Kier molecular flexibility index (Phi) is 5.47. The highest BCUT2D eigenvalue weighted by Crippen LogP contribution is 2.25. The number of carbonyl (C=O) groups is 1. The van der Waals surface area contributed by atoms with E-state index in [9.17, 15) is 4.79 Å². The number of carbonyl (C=O) groups excluding carboxylic acids is 1. The summed E-state index contributed by atoms with van der Waals surface area (Å²) in [5.41, 5.74) is 8.91. The van der Waals surface area contributed by atoms with Crippen molar-refractivity contribution in [1.82, 2.24) is 4.98 Å². The lowest BCUT2D eigenvalue weighted by atomic mass is 10.1. The van der Waals surface area contributed by atoms with Crippen molar-refractivity contribution < 1.29 is 4.79 Å². The fourth-order valence-electron chi connectivity index (χ4n) is 1.92. The summed E-state index contributed by atoms with van der Waals surface area (Å²) in [6.45, 7) is 4.03. The third-order valence-electron chi connectivity index (χ3n) is 3.24. The molecule has 4 nitrogen and oxygen atoms in total. The average molecular weight is 303 g/mol. The lowest BCUT2D eigenvalue weighted by Gasteiger charge is -2.04. The Bertz CT molecular complexity index is 590. The molecule has 1 aromatic carbocycles. The van der Waals surface area contributed by atoms with Crippen LogP contribution >= 0.6 is 11.3 Å². The summed E-state index contributed by atoms with van der Waals surface area (Å²) in [4.78, 5) is 16.2. The first kappa shape index (κ1) is 15.7. The van der Waals surface area contributed by atoms with Gasteiger partial charge in [0.25, 0.3) is 0 Å². The van der Waals surface area contributed by atoms with Crippen LogP contribution in [-0.2, 0) is 11.2 Å². The second-order valence-electron chi connectivity index (χ2n) is 5.15. The van der Waals surface area contributed by atoms with Crippen molar-refractivity contribution in [2.45, 2.75) is 39.2 Å². The van der Waals surface area contributed by atoms with Crippen LogP contribution in [0.15, 0.2) is 29.6 Å². The summed E-state index contributed by atoms with van der Waals surface area (Å²) in [6.07, 6.45) is 2.14. The highest BCUT2D eigenvalue weighted by atomic mass is 32.1. The molecule has 0 saturated heterocycles. The molecule has 0 aliphatic heterocycles. The molecule has 0 fully saturated rings. The van der Waals surface area contributed by atoms with Crippen molar-refractivity contribution >= 4 is 22.4 Å². The van der Waals surface area contributed by atoms with Crippen LogP contribution in [0.3, 0.4) is 0 Å². The number of hydrogen-bond donors (Lipinski definition) is 2. The van der Waals surface area contributed by atoms with Gasteiger partial charge in [0.15, 0.2) is 5.13 Å². The maximum Gasteiger partial charge on any atom is 0.226 e. The number of benzene rings is 1. The lowest BCUT2D eigenvalue weighted by molar-refractivity contribution is -0.116. The number of nitrogens with two attached hydrogens (primary N) is 1. The highest BCUT2D eigenvalue weighted by molar-refractivity contribution is 7.14. The lowest BCUT2D eigenvalue weighted by Crippen LogP contribution is -2.19. The zero-order chi connectivity index (χ0) is 15.2. The third kappa shape index (κ3) is 4.65. The Balaban J connectivity index is 1.98. The van der Waals surface area contributed by atoms with Crippen molar-refractivity contribution in [3.8, 4) is 11.3 Å². The second-order valence-corrected chi connectivity index (χ2v) is 6.01. The second kappa shape index (κ2) is 7.33. The number of aryl methyl sites for hydroxylation is 1. The van der Waals surface area contributed by atoms with E-state index in [4.69, 9.17) is 5.73 Å². The van der Waals surface area contributed by atoms with Gasteiger partial charge in [0.1, 0.15) is 0 Å². The largest absolute Gasteiger partial charge is 0.328 e. The quantitative estimate of drug-likeness (QED) is 0.859. The molecule has 21 heavy (non-hydrogen) atoms. The minimum atomic E-state index is -0.0328. The minimum absolute atomic E-state index is 0.0328. The Morgan fingerprint density at radius 2 is 2.10 bits per heavy atom. The van der Waals surface area contributed by atoms with Crippen LogP contribution in [0.4, 0.5) is 5.13 Å². The molecular weight excluding hydrogens is 282 g/mol. The van der Waals surface area contributed by atoms with E-state index in [1.54, 1.807) is 0 Å². The number of hydrogen-bond acceptors (Lipinski definition) is 4. The van der Waals surface area contributed by atoms with E-state index in [-0.39, 0.29) is 11.9 Å². The molecule has 2 aromatic rings. The molecule has 0 aliphatic rings. The third-order valence-corrected chi connectivity index (χ3v) is 3.99. The van der Waals surface area contributed by atoms with Crippen LogP contribution < -0.4 is 11.1 Å². The van der Waals surface area contributed by atoms with Crippen LogP contribution in [0, 0.1) is 0 Å². The van der Waals surface area contributed by atoms with Gasteiger partial charge in [-0.1, -0.05) is 31.2 Å². The SMILES string of the molecule is CCc1ccc(-c2csc(NC(=O)CCC(C)N)n2)cc1. The molecule has 0 saturated carbocycles. The maximum absolute atomic E-state index is 11.7. The summed E-state index contributed by atoms with van der Waals surface area (Å²) in [5.74, 6) is -0.0328. The molecule has 1 unspecified atom stereocenters. The Morgan fingerprint density at radius 3 is 2.71 bits per heavy atom. The van der Waals surface area contributed by atoms with E-state index >= 15 is 0 Å². The van der Waals surface area contributed by atoms with Gasteiger partial charge >= 0.3 is 0 Å². The first-order valence-corrected chi connectivity index (χ1v) is 8.06. The van der Waals surface area contributed by atoms with Gasteiger partial charge in [0.2, 0.25) is 5.91 Å². The van der Waals surface area contributed by atoms with E-state index < -0.39 is 0 Å². The average Bonchev–Trinajstić information content (AvgIpc) is 2.93. The van der Waals surface area contributed by atoms with Gasteiger partial charge in [-0.3, -0.25) is 4.79 Å². The fourth-order valence-corrected chi connectivity index (χ4v) is 2.65. The van der Waals surface area contributed by atoms with Gasteiger partial charge in [0, 0.05) is 23.4 Å². The Labute approximate surface area is 129 Å². The molecule has 1 atom stereocenters. The molecule has 0 aliphatic carbocycles. The Morgan fingerprint density at radius 1 is 1.38 bits per heavy atom. The van der Waals surface area contributed by atoms with Gasteiger partial charge in [-0.05, 0) is 25.3 Å². The smallest absolute Gasteiger partial charge is 0.226 e. The van der Waals surface area contributed by atoms with E-state index in [2.05, 4.69) is 41.5 Å². The number of rotatable bonds is 6. The van der Waals surface area contributed by atoms with Gasteiger partial charge in [0.05, 0.1) is 5.69 Å². The molecule has 0 bridgehead atoms. The van der Waals surface area contributed by atoms with Crippen LogP contribution in [0.1, 0.15) is 32.3 Å². The zero-order valence-electron chi connectivity index (χ0n) is 12.4. The number of anilines is 1. The highest BCUT2D eigenvalue weighted by Gasteiger charge is 2.08. The van der Waals surface area contributed by atoms with Crippen LogP contribution in [0.5, 0.6) is 0 Å². The van der Waals surface area contributed by atoms with Gasteiger partial charge in [-0.25, -0.2) is 4.98 Å². The van der Waals surface area contributed by atoms with Gasteiger partial charge in [-0.2, -0.15) is 0 Å². The molecule has 1 amide bonds. The first-order chi connectivity index (χ1) is 10.1. The minimum Gasteiger partial charge on any atom is -0.328 e. The molecule has 5 heteroatoms. The Hall–Kier alpha value is -1.72. The van der Waals surface area contributed by atoms with Crippen LogP contribution in [-0.4, -0.2) is 16.9 Å². The van der Waals surface area contributed by atoms with E-state index in [0.717, 1.165) is 17.7 Å².